The summed E-state index contributed by atoms with van der Waals surface area (Å²) in [6, 6.07) is 9.76. The smallest absolute Gasteiger partial charge is 0.128 e. The van der Waals surface area contributed by atoms with Gasteiger partial charge in [-0.1, -0.05) is 17.7 Å². The lowest BCUT2D eigenvalue weighted by atomic mass is 9.93. The lowest BCUT2D eigenvalue weighted by Crippen LogP contribution is -2.24. The second-order valence-electron chi connectivity index (χ2n) is 5.06. The van der Waals surface area contributed by atoms with Crippen LogP contribution < -0.4 is 15.2 Å². The first-order chi connectivity index (χ1) is 10.1. The SMILES string of the molecule is COc1ccc2c(c1)OC(c1cc(F)cc(Cl)c1)C[C@H]2N. The number of hydrogen-bond acceptors (Lipinski definition) is 3. The van der Waals surface area contributed by atoms with E-state index in [0.29, 0.717) is 28.5 Å². The van der Waals surface area contributed by atoms with E-state index in [4.69, 9.17) is 26.8 Å². The van der Waals surface area contributed by atoms with E-state index in [9.17, 15) is 4.39 Å². The van der Waals surface area contributed by atoms with Crippen LogP contribution in [0.5, 0.6) is 11.5 Å². The van der Waals surface area contributed by atoms with Crippen molar-refractivity contribution in [2.45, 2.75) is 18.6 Å². The number of halogens is 2. The quantitative estimate of drug-likeness (QED) is 0.911. The van der Waals surface area contributed by atoms with Crippen LogP contribution in [0, 0.1) is 5.82 Å². The van der Waals surface area contributed by atoms with E-state index in [1.165, 1.54) is 12.1 Å². The number of fused-ring (bicyclic) bond motifs is 1. The fraction of sp³-hybridized carbons (Fsp3) is 0.250. The third-order valence-electron chi connectivity index (χ3n) is 3.61. The maximum atomic E-state index is 13.5. The summed E-state index contributed by atoms with van der Waals surface area (Å²) in [5.41, 5.74) is 7.80. The van der Waals surface area contributed by atoms with Gasteiger partial charge in [-0.15, -0.1) is 0 Å². The molecule has 2 atom stereocenters. The summed E-state index contributed by atoms with van der Waals surface area (Å²) < 4.78 is 24.7. The van der Waals surface area contributed by atoms with Crippen LogP contribution in [0.25, 0.3) is 0 Å². The summed E-state index contributed by atoms with van der Waals surface area (Å²) in [6.45, 7) is 0. The zero-order chi connectivity index (χ0) is 15.0. The van der Waals surface area contributed by atoms with Crippen LogP contribution in [0.15, 0.2) is 36.4 Å². The molecular formula is C16H15ClFNO2. The van der Waals surface area contributed by atoms with Crippen molar-refractivity contribution in [2.24, 2.45) is 5.73 Å². The molecule has 3 nitrogen and oxygen atoms in total. The molecule has 110 valence electrons. The van der Waals surface area contributed by atoms with Crippen LogP contribution >= 0.6 is 11.6 Å². The predicted octanol–water partition coefficient (Wildman–Crippen LogP) is 4.01. The Morgan fingerprint density at radius 2 is 2.10 bits per heavy atom. The Hall–Kier alpha value is -1.78. The second kappa shape index (κ2) is 5.54. The normalized spacial score (nSPS) is 20.6. The van der Waals surface area contributed by atoms with Crippen molar-refractivity contribution in [1.82, 2.24) is 0 Å². The van der Waals surface area contributed by atoms with Gasteiger partial charge in [-0.25, -0.2) is 4.39 Å². The lowest BCUT2D eigenvalue weighted by Gasteiger charge is -2.31. The first-order valence-electron chi connectivity index (χ1n) is 6.63. The number of rotatable bonds is 2. The molecule has 0 aliphatic carbocycles. The monoisotopic (exact) mass is 307 g/mol. The van der Waals surface area contributed by atoms with E-state index in [0.717, 1.165) is 5.56 Å². The molecular weight excluding hydrogens is 293 g/mol. The van der Waals surface area contributed by atoms with Crippen LogP contribution in [0.1, 0.15) is 29.7 Å². The van der Waals surface area contributed by atoms with Gasteiger partial charge in [0, 0.05) is 29.1 Å². The van der Waals surface area contributed by atoms with Crippen LogP contribution in [0.4, 0.5) is 4.39 Å². The van der Waals surface area contributed by atoms with Crippen LogP contribution in [0.3, 0.4) is 0 Å². The fourth-order valence-electron chi connectivity index (χ4n) is 2.57. The zero-order valence-corrected chi connectivity index (χ0v) is 12.2. The van der Waals surface area contributed by atoms with Crippen molar-refractivity contribution in [3.8, 4) is 11.5 Å². The van der Waals surface area contributed by atoms with Gasteiger partial charge in [-0.3, -0.25) is 0 Å². The fourth-order valence-corrected chi connectivity index (χ4v) is 2.80. The molecule has 2 aromatic carbocycles. The Balaban J connectivity index is 1.96. The number of hydrogen-bond donors (Lipinski definition) is 1. The Bertz CT molecular complexity index is 657. The Morgan fingerprint density at radius 1 is 1.29 bits per heavy atom. The molecule has 0 aromatic heterocycles. The first-order valence-corrected chi connectivity index (χ1v) is 7.01. The van der Waals surface area contributed by atoms with Gasteiger partial charge < -0.3 is 15.2 Å². The molecule has 1 unspecified atom stereocenters. The van der Waals surface area contributed by atoms with Gasteiger partial charge in [0.25, 0.3) is 0 Å². The van der Waals surface area contributed by atoms with E-state index >= 15 is 0 Å². The highest BCUT2D eigenvalue weighted by Crippen LogP contribution is 2.41. The van der Waals surface area contributed by atoms with Crippen molar-refractivity contribution in [1.29, 1.82) is 0 Å². The van der Waals surface area contributed by atoms with E-state index in [1.54, 1.807) is 19.2 Å². The molecule has 3 rings (SSSR count). The Kier molecular flexibility index (Phi) is 3.74. The van der Waals surface area contributed by atoms with Gasteiger partial charge in [0.2, 0.25) is 0 Å². The van der Waals surface area contributed by atoms with Gasteiger partial charge in [0.15, 0.2) is 0 Å². The minimum atomic E-state index is -0.383. The zero-order valence-electron chi connectivity index (χ0n) is 11.5. The van der Waals surface area contributed by atoms with Gasteiger partial charge in [-0.2, -0.15) is 0 Å². The number of ether oxygens (including phenoxy) is 2. The summed E-state index contributed by atoms with van der Waals surface area (Å²) in [6.07, 6.45) is 0.242. The summed E-state index contributed by atoms with van der Waals surface area (Å²) in [5.74, 6) is 0.975. The molecule has 2 aromatic rings. The van der Waals surface area contributed by atoms with Gasteiger partial charge in [0.1, 0.15) is 23.4 Å². The lowest BCUT2D eigenvalue weighted by molar-refractivity contribution is 0.160. The van der Waals surface area contributed by atoms with Crippen molar-refractivity contribution in [3.63, 3.8) is 0 Å². The van der Waals surface area contributed by atoms with Gasteiger partial charge >= 0.3 is 0 Å². The maximum Gasteiger partial charge on any atom is 0.128 e. The molecule has 1 aliphatic heterocycles. The molecule has 0 spiro atoms. The van der Waals surface area contributed by atoms with E-state index in [-0.39, 0.29) is 18.0 Å². The molecule has 0 fully saturated rings. The third-order valence-corrected chi connectivity index (χ3v) is 3.83. The van der Waals surface area contributed by atoms with Crippen LogP contribution in [0.2, 0.25) is 5.02 Å². The van der Waals surface area contributed by atoms with E-state index < -0.39 is 0 Å². The standard InChI is InChI=1S/C16H15ClFNO2/c1-20-12-2-3-13-14(19)8-15(21-16(13)7-12)9-4-10(17)6-11(18)5-9/h2-7,14-15H,8,19H2,1H3/t14-,15?/m1/s1. The molecule has 0 saturated heterocycles. The molecule has 1 heterocycles. The van der Waals surface area contributed by atoms with Crippen molar-refractivity contribution in [2.75, 3.05) is 7.11 Å². The summed E-state index contributed by atoms with van der Waals surface area (Å²) >= 11 is 5.91. The highest BCUT2D eigenvalue weighted by molar-refractivity contribution is 6.30. The Morgan fingerprint density at radius 3 is 2.81 bits per heavy atom. The first kappa shape index (κ1) is 14.2. The molecule has 0 saturated carbocycles. The Labute approximate surface area is 127 Å². The predicted molar refractivity (Wildman–Crippen MR) is 79.3 cm³/mol. The van der Waals surface area contributed by atoms with Crippen LogP contribution in [-0.2, 0) is 0 Å². The number of nitrogens with two attached hydrogens (primary N) is 1. The van der Waals surface area contributed by atoms with Gasteiger partial charge in [0.05, 0.1) is 7.11 Å². The van der Waals surface area contributed by atoms with Crippen LogP contribution in [-0.4, -0.2) is 7.11 Å². The molecule has 5 heteroatoms. The molecule has 0 radical (unpaired) electrons. The largest absolute Gasteiger partial charge is 0.497 e. The van der Waals surface area contributed by atoms with E-state index in [2.05, 4.69) is 0 Å². The summed E-state index contributed by atoms with van der Waals surface area (Å²) in [5, 5.41) is 0.346. The number of benzene rings is 2. The minimum absolute atomic E-state index is 0.174. The molecule has 0 amide bonds. The average Bonchev–Trinajstić information content (AvgIpc) is 2.45. The second-order valence-corrected chi connectivity index (χ2v) is 5.49. The summed E-state index contributed by atoms with van der Waals surface area (Å²) in [4.78, 5) is 0. The topological polar surface area (TPSA) is 44.5 Å². The van der Waals surface area contributed by atoms with Gasteiger partial charge in [-0.05, 0) is 29.8 Å². The molecule has 2 N–H and O–H groups in total. The average molecular weight is 308 g/mol. The molecule has 1 aliphatic rings. The molecule has 0 bridgehead atoms. The highest BCUT2D eigenvalue weighted by atomic mass is 35.5. The van der Waals surface area contributed by atoms with Crippen molar-refractivity contribution < 1.29 is 13.9 Å². The minimum Gasteiger partial charge on any atom is -0.497 e. The summed E-state index contributed by atoms with van der Waals surface area (Å²) in [7, 11) is 1.59. The third kappa shape index (κ3) is 2.82. The number of methoxy groups -OCH3 is 1. The van der Waals surface area contributed by atoms with Crippen molar-refractivity contribution >= 4 is 11.6 Å². The maximum absolute atomic E-state index is 13.5. The highest BCUT2D eigenvalue weighted by Gasteiger charge is 2.28. The molecule has 21 heavy (non-hydrogen) atoms. The van der Waals surface area contributed by atoms with Crippen molar-refractivity contribution in [3.05, 3.63) is 58.4 Å². The van der Waals surface area contributed by atoms with E-state index in [1.807, 2.05) is 12.1 Å².